The second kappa shape index (κ2) is 17.4. The molecule has 0 saturated carbocycles. The molecule has 48 heavy (non-hydrogen) atoms. The molecular weight excluding hydrogens is 630 g/mol. The lowest BCUT2D eigenvalue weighted by Gasteiger charge is -2.33. The summed E-state index contributed by atoms with van der Waals surface area (Å²) in [5, 5.41) is 20.3. The van der Waals surface area contributed by atoms with Crippen LogP contribution in [0, 0.1) is 5.41 Å². The lowest BCUT2D eigenvalue weighted by molar-refractivity contribution is -0.127. The van der Waals surface area contributed by atoms with Gasteiger partial charge in [0.15, 0.2) is 0 Å². The highest BCUT2D eigenvalue weighted by Crippen LogP contribution is 2.22. The highest BCUT2D eigenvalue weighted by molar-refractivity contribution is 7.09. The van der Waals surface area contributed by atoms with Crippen LogP contribution in [0.15, 0.2) is 90.7 Å². The number of thiazole rings is 1. The van der Waals surface area contributed by atoms with Crippen molar-refractivity contribution in [2.75, 3.05) is 7.11 Å². The number of nitrogens with one attached hydrogen (secondary N) is 3. The first-order chi connectivity index (χ1) is 23.0. The van der Waals surface area contributed by atoms with Gasteiger partial charge in [-0.3, -0.25) is 14.8 Å². The Kier molecular flexibility index (Phi) is 13.0. The van der Waals surface area contributed by atoms with Crippen LogP contribution in [0.1, 0.15) is 43.2 Å². The number of benzene rings is 2. The smallest absolute Gasteiger partial charge is 0.407 e. The predicted octanol–water partition coefficient (Wildman–Crippen LogP) is 5.29. The number of hydrogen-bond donors (Lipinski definition) is 4. The van der Waals surface area contributed by atoms with Crippen LogP contribution in [-0.4, -0.2) is 64.5 Å². The number of alkyl carbamates (subject to hydrolysis) is 2. The van der Waals surface area contributed by atoms with Crippen molar-refractivity contribution < 1.29 is 29.0 Å². The van der Waals surface area contributed by atoms with Crippen molar-refractivity contribution in [3.63, 3.8) is 0 Å². The Morgan fingerprint density at radius 1 is 0.875 bits per heavy atom. The molecule has 12 heteroatoms. The van der Waals surface area contributed by atoms with E-state index in [9.17, 15) is 19.5 Å². The van der Waals surface area contributed by atoms with E-state index >= 15 is 0 Å². The minimum atomic E-state index is -1.09. The number of aliphatic hydroxyl groups excluding tert-OH is 1. The maximum absolute atomic E-state index is 13.7. The maximum atomic E-state index is 13.7. The number of aliphatic hydroxyl groups is 1. The maximum Gasteiger partial charge on any atom is 0.407 e. The monoisotopic (exact) mass is 673 g/mol. The second-order valence-electron chi connectivity index (χ2n) is 12.5. The summed E-state index contributed by atoms with van der Waals surface area (Å²) in [4.78, 5) is 48.0. The molecule has 0 bridgehead atoms. The van der Waals surface area contributed by atoms with Gasteiger partial charge in [0.25, 0.3) is 0 Å². The van der Waals surface area contributed by atoms with E-state index in [0.29, 0.717) is 12.8 Å². The number of hydrogen-bond acceptors (Lipinski definition) is 9. The summed E-state index contributed by atoms with van der Waals surface area (Å²) in [6.45, 7) is 5.55. The van der Waals surface area contributed by atoms with Crippen molar-refractivity contribution in [1.82, 2.24) is 25.9 Å². The zero-order chi connectivity index (χ0) is 34.5. The molecule has 0 aliphatic carbocycles. The molecule has 0 aliphatic rings. The summed E-state index contributed by atoms with van der Waals surface area (Å²) in [5.41, 5.74) is 4.62. The first-order valence-electron chi connectivity index (χ1n) is 15.7. The number of ether oxygens (including phenoxy) is 2. The van der Waals surface area contributed by atoms with Gasteiger partial charge in [-0.05, 0) is 47.9 Å². The third-order valence-corrected chi connectivity index (χ3v) is 8.49. The third-order valence-electron chi connectivity index (χ3n) is 7.74. The largest absolute Gasteiger partial charge is 0.453 e. The van der Waals surface area contributed by atoms with Gasteiger partial charge in [0.2, 0.25) is 5.91 Å². The highest BCUT2D eigenvalue weighted by Gasteiger charge is 2.36. The Morgan fingerprint density at radius 2 is 1.58 bits per heavy atom. The van der Waals surface area contributed by atoms with Gasteiger partial charge in [0.05, 0.1) is 35.3 Å². The highest BCUT2D eigenvalue weighted by atomic mass is 32.1. The van der Waals surface area contributed by atoms with Crippen molar-refractivity contribution >= 4 is 29.4 Å². The van der Waals surface area contributed by atoms with E-state index in [1.807, 2.05) is 93.6 Å². The molecule has 254 valence electrons. The average molecular weight is 674 g/mol. The van der Waals surface area contributed by atoms with Gasteiger partial charge in [0, 0.05) is 24.0 Å². The molecule has 2 heterocycles. The van der Waals surface area contributed by atoms with Crippen LogP contribution in [0.25, 0.3) is 11.3 Å². The summed E-state index contributed by atoms with van der Waals surface area (Å²) >= 11 is 1.38. The van der Waals surface area contributed by atoms with Crippen molar-refractivity contribution in [3.8, 4) is 11.3 Å². The van der Waals surface area contributed by atoms with Crippen LogP contribution in [0.3, 0.4) is 0 Å². The SMILES string of the molecule is COC(=O)N[C@H](C(=O)NC(Cc1ccccc1)C(O)CC(Cc1ccc(-c2ccccn2)cc1)NC(=O)OCc1cncs1)C(C)(C)C. The minimum Gasteiger partial charge on any atom is -0.453 e. The number of amides is 3. The van der Waals surface area contributed by atoms with Crippen LogP contribution in [0.2, 0.25) is 0 Å². The van der Waals surface area contributed by atoms with Crippen molar-refractivity contribution in [3.05, 3.63) is 107 Å². The van der Waals surface area contributed by atoms with Crippen LogP contribution in [0.4, 0.5) is 9.59 Å². The molecule has 11 nitrogen and oxygen atoms in total. The Morgan fingerprint density at radius 3 is 2.21 bits per heavy atom. The zero-order valence-electron chi connectivity index (χ0n) is 27.6. The normalized spacial score (nSPS) is 13.8. The van der Waals surface area contributed by atoms with E-state index in [1.165, 1.54) is 18.4 Å². The van der Waals surface area contributed by atoms with Crippen LogP contribution in [0.5, 0.6) is 0 Å². The Balaban J connectivity index is 1.55. The van der Waals surface area contributed by atoms with Gasteiger partial charge in [-0.15, -0.1) is 11.3 Å². The summed E-state index contributed by atoms with van der Waals surface area (Å²) < 4.78 is 10.2. The fraction of sp³-hybridized carbons (Fsp3) is 0.361. The molecule has 4 aromatic rings. The van der Waals surface area contributed by atoms with Gasteiger partial charge in [-0.2, -0.15) is 0 Å². The lowest BCUT2D eigenvalue weighted by atomic mass is 9.85. The Hall–Kier alpha value is -4.81. The predicted molar refractivity (Wildman–Crippen MR) is 184 cm³/mol. The molecule has 0 saturated heterocycles. The molecule has 4 rings (SSSR count). The van der Waals surface area contributed by atoms with E-state index in [0.717, 1.165) is 27.3 Å². The number of carbonyl (C=O) groups excluding carboxylic acids is 3. The summed E-state index contributed by atoms with van der Waals surface area (Å²) in [7, 11) is 1.23. The number of nitrogens with zero attached hydrogens (tertiary/aromatic N) is 2. The van der Waals surface area contributed by atoms with Crippen LogP contribution in [-0.2, 0) is 33.7 Å². The van der Waals surface area contributed by atoms with Crippen LogP contribution < -0.4 is 16.0 Å². The minimum absolute atomic E-state index is 0.0681. The fourth-order valence-corrected chi connectivity index (χ4v) is 5.71. The Labute approximate surface area is 285 Å². The molecule has 0 spiro atoms. The van der Waals surface area contributed by atoms with E-state index in [-0.39, 0.29) is 13.0 Å². The number of carbonyl (C=O) groups is 3. The van der Waals surface area contributed by atoms with Gasteiger partial charge in [0.1, 0.15) is 12.6 Å². The van der Waals surface area contributed by atoms with E-state index in [1.54, 1.807) is 17.9 Å². The van der Waals surface area contributed by atoms with Gasteiger partial charge >= 0.3 is 12.2 Å². The molecule has 2 aromatic heterocycles. The molecule has 2 aromatic carbocycles. The molecule has 0 radical (unpaired) electrons. The first-order valence-corrected chi connectivity index (χ1v) is 16.6. The van der Waals surface area contributed by atoms with Gasteiger partial charge < -0.3 is 30.5 Å². The molecule has 4 N–H and O–H groups in total. The summed E-state index contributed by atoms with van der Waals surface area (Å²) in [5.74, 6) is -0.466. The topological polar surface area (TPSA) is 152 Å². The number of rotatable bonds is 14. The van der Waals surface area contributed by atoms with Crippen LogP contribution >= 0.6 is 11.3 Å². The van der Waals surface area contributed by atoms with Gasteiger partial charge in [-0.1, -0.05) is 81.4 Å². The molecule has 4 atom stereocenters. The van der Waals surface area contributed by atoms with Crippen molar-refractivity contribution in [2.45, 2.75) is 70.9 Å². The molecule has 3 amide bonds. The average Bonchev–Trinajstić information content (AvgIpc) is 3.60. The second-order valence-corrected chi connectivity index (χ2v) is 13.5. The van der Waals surface area contributed by atoms with Crippen molar-refractivity contribution in [2.24, 2.45) is 5.41 Å². The zero-order valence-corrected chi connectivity index (χ0v) is 28.4. The van der Waals surface area contributed by atoms with E-state index < -0.39 is 47.7 Å². The van der Waals surface area contributed by atoms with Gasteiger partial charge in [-0.25, -0.2) is 9.59 Å². The number of pyridine rings is 1. The summed E-state index contributed by atoms with van der Waals surface area (Å²) in [6, 6.07) is 20.8. The molecular formula is C36H43N5O6S. The molecule has 0 fully saturated rings. The number of methoxy groups -OCH3 is 1. The fourth-order valence-electron chi connectivity index (χ4n) is 5.21. The van der Waals surface area contributed by atoms with E-state index in [4.69, 9.17) is 9.47 Å². The van der Waals surface area contributed by atoms with E-state index in [2.05, 4.69) is 25.9 Å². The first kappa shape index (κ1) is 36.0. The third kappa shape index (κ3) is 11.2. The molecule has 3 unspecified atom stereocenters. The quantitative estimate of drug-likeness (QED) is 0.141. The lowest BCUT2D eigenvalue weighted by Crippen LogP contribution is -2.58. The standard InChI is InChI=1S/C36H43N5O6S/c1-36(2,3)32(41-34(44)46-4)33(43)40-30(19-24-10-6-5-7-11-24)31(42)20-27(39-35(45)47-22-28-21-37-23-48-28)18-25-13-15-26(16-14-25)29-12-8-9-17-38-29/h5-17,21,23,27,30-32,42H,18-20,22H2,1-4H3,(H,39,45)(H,40,43)(H,41,44)/t27?,30?,31?,32-/m1/s1. The Bertz CT molecular complexity index is 1580. The number of aromatic nitrogens is 2. The van der Waals surface area contributed by atoms with Crippen molar-refractivity contribution in [1.29, 1.82) is 0 Å². The summed E-state index contributed by atoms with van der Waals surface area (Å²) in [6.07, 6.45) is 1.71. The molecule has 0 aliphatic heterocycles.